The van der Waals surface area contributed by atoms with Crippen molar-refractivity contribution in [3.05, 3.63) is 29.8 Å². The van der Waals surface area contributed by atoms with Crippen molar-refractivity contribution >= 4 is 21.8 Å². The van der Waals surface area contributed by atoms with Crippen molar-refractivity contribution in [2.24, 2.45) is 5.73 Å². The van der Waals surface area contributed by atoms with Gasteiger partial charge in [-0.05, 0) is 30.9 Å². The highest BCUT2D eigenvalue weighted by Gasteiger charge is 2.17. The molecule has 3 N–H and O–H groups in total. The normalized spacial score (nSPS) is 12.6. The average Bonchev–Trinajstić information content (AvgIpc) is 2.42. The highest BCUT2D eigenvalue weighted by atomic mass is 32.2. The fourth-order valence-electron chi connectivity index (χ4n) is 1.56. The van der Waals surface area contributed by atoms with Crippen LogP contribution >= 0.6 is 11.8 Å². The minimum absolute atomic E-state index is 0.108. The number of hydrogen-bond donors (Lipinski definition) is 2. The van der Waals surface area contributed by atoms with Gasteiger partial charge in [0.2, 0.25) is 10.0 Å². The number of hydrogen-bond acceptors (Lipinski definition) is 4. The van der Waals surface area contributed by atoms with Crippen LogP contribution in [0.2, 0.25) is 0 Å². The maximum Gasteiger partial charge on any atom is 0.240 e. The van der Waals surface area contributed by atoms with Crippen LogP contribution in [0.1, 0.15) is 19.4 Å². The van der Waals surface area contributed by atoms with Crippen LogP contribution in [0.3, 0.4) is 0 Å². The van der Waals surface area contributed by atoms with Crippen molar-refractivity contribution in [3.8, 4) is 11.8 Å². The van der Waals surface area contributed by atoms with Gasteiger partial charge in [-0.1, -0.05) is 24.8 Å². The van der Waals surface area contributed by atoms with E-state index >= 15 is 0 Å². The fourth-order valence-corrected chi connectivity index (χ4v) is 3.62. The standard InChI is InChI=1S/C14H20N2O2S2/c1-3-19-11-12(2)16-20(17,18)14-8-4-6-13(10-14)7-5-9-15/h4,6,8,10,12,16H,3,9,11,15H2,1-2H3. The Morgan fingerprint density at radius 1 is 1.45 bits per heavy atom. The van der Waals surface area contributed by atoms with Gasteiger partial charge in [-0.25, -0.2) is 13.1 Å². The van der Waals surface area contributed by atoms with Gasteiger partial charge in [0, 0.05) is 17.4 Å². The molecule has 0 aliphatic heterocycles. The molecule has 1 unspecified atom stereocenters. The van der Waals surface area contributed by atoms with Gasteiger partial charge in [-0.2, -0.15) is 11.8 Å². The highest BCUT2D eigenvalue weighted by molar-refractivity contribution is 7.99. The number of rotatable bonds is 6. The molecule has 0 bridgehead atoms. The van der Waals surface area contributed by atoms with Gasteiger partial charge < -0.3 is 5.73 Å². The summed E-state index contributed by atoms with van der Waals surface area (Å²) in [7, 11) is -3.50. The van der Waals surface area contributed by atoms with E-state index in [2.05, 4.69) is 16.6 Å². The third kappa shape index (κ3) is 5.55. The number of nitrogens with two attached hydrogens (primary N) is 1. The first-order valence-corrected chi connectivity index (χ1v) is 9.02. The first kappa shape index (κ1) is 17.1. The lowest BCUT2D eigenvalue weighted by Gasteiger charge is -2.13. The number of thioether (sulfide) groups is 1. The topological polar surface area (TPSA) is 72.2 Å². The average molecular weight is 312 g/mol. The Morgan fingerprint density at radius 2 is 2.20 bits per heavy atom. The Balaban J connectivity index is 2.87. The molecule has 0 fully saturated rings. The quantitative estimate of drug-likeness (QED) is 0.779. The molecule has 1 rings (SSSR count). The van der Waals surface area contributed by atoms with Crippen LogP contribution in [0.15, 0.2) is 29.2 Å². The SMILES string of the molecule is CCSCC(C)NS(=O)(=O)c1cccc(C#CCN)c1. The maximum atomic E-state index is 12.2. The molecule has 110 valence electrons. The predicted molar refractivity (Wildman–Crippen MR) is 85.2 cm³/mol. The largest absolute Gasteiger partial charge is 0.320 e. The predicted octanol–water partition coefficient (Wildman–Crippen LogP) is 1.42. The lowest BCUT2D eigenvalue weighted by Crippen LogP contribution is -2.34. The summed E-state index contributed by atoms with van der Waals surface area (Å²) in [6.45, 7) is 4.16. The monoisotopic (exact) mass is 312 g/mol. The van der Waals surface area contributed by atoms with E-state index in [1.165, 1.54) is 0 Å². The third-order valence-electron chi connectivity index (χ3n) is 2.41. The smallest absolute Gasteiger partial charge is 0.240 e. The fraction of sp³-hybridized carbons (Fsp3) is 0.429. The Bertz CT molecular complexity index is 589. The minimum atomic E-state index is -3.50. The molecule has 0 aromatic heterocycles. The molecule has 0 amide bonds. The Hall–Kier alpha value is -1.00. The van der Waals surface area contributed by atoms with Crippen molar-refractivity contribution in [3.63, 3.8) is 0 Å². The molecule has 0 spiro atoms. The van der Waals surface area contributed by atoms with Gasteiger partial charge in [0.05, 0.1) is 11.4 Å². The van der Waals surface area contributed by atoms with E-state index < -0.39 is 10.0 Å². The van der Waals surface area contributed by atoms with Gasteiger partial charge in [-0.15, -0.1) is 0 Å². The summed E-state index contributed by atoms with van der Waals surface area (Å²) in [6.07, 6.45) is 0. The molecule has 0 aliphatic carbocycles. The van der Waals surface area contributed by atoms with Gasteiger partial charge in [0.15, 0.2) is 0 Å². The van der Waals surface area contributed by atoms with Crippen molar-refractivity contribution in [1.29, 1.82) is 0 Å². The molecule has 6 heteroatoms. The van der Waals surface area contributed by atoms with Crippen molar-refractivity contribution < 1.29 is 8.42 Å². The van der Waals surface area contributed by atoms with Crippen LogP contribution in [-0.2, 0) is 10.0 Å². The molecular weight excluding hydrogens is 292 g/mol. The van der Waals surface area contributed by atoms with Gasteiger partial charge >= 0.3 is 0 Å². The number of sulfonamides is 1. The summed E-state index contributed by atoms with van der Waals surface area (Å²) < 4.78 is 27.1. The van der Waals surface area contributed by atoms with Gasteiger partial charge in [0.1, 0.15) is 0 Å². The second-order valence-electron chi connectivity index (χ2n) is 4.22. The lowest BCUT2D eigenvalue weighted by atomic mass is 10.2. The number of nitrogens with one attached hydrogen (secondary N) is 1. The van der Waals surface area contributed by atoms with Crippen molar-refractivity contribution in [2.45, 2.75) is 24.8 Å². The molecule has 0 saturated heterocycles. The first-order valence-electron chi connectivity index (χ1n) is 6.38. The lowest BCUT2D eigenvalue weighted by molar-refractivity contribution is 0.571. The Morgan fingerprint density at radius 3 is 2.85 bits per heavy atom. The van der Waals surface area contributed by atoms with Crippen LogP contribution in [0, 0.1) is 11.8 Å². The summed E-state index contributed by atoms with van der Waals surface area (Å²) in [5.41, 5.74) is 5.95. The zero-order chi connectivity index (χ0) is 15.0. The van der Waals surface area contributed by atoms with Gasteiger partial charge in [-0.3, -0.25) is 0 Å². The summed E-state index contributed by atoms with van der Waals surface area (Å²) in [6, 6.07) is 6.46. The van der Waals surface area contributed by atoms with E-state index in [1.54, 1.807) is 36.0 Å². The van der Waals surface area contributed by atoms with E-state index in [1.807, 2.05) is 13.8 Å². The molecular formula is C14H20N2O2S2. The zero-order valence-corrected chi connectivity index (χ0v) is 13.4. The molecule has 0 heterocycles. The van der Waals surface area contributed by atoms with Crippen LogP contribution < -0.4 is 10.5 Å². The summed E-state index contributed by atoms with van der Waals surface area (Å²) >= 11 is 1.70. The highest BCUT2D eigenvalue weighted by Crippen LogP contribution is 2.12. The molecule has 20 heavy (non-hydrogen) atoms. The zero-order valence-electron chi connectivity index (χ0n) is 11.7. The van der Waals surface area contributed by atoms with E-state index in [0.717, 1.165) is 11.5 Å². The van der Waals surface area contributed by atoms with Crippen LogP contribution in [0.4, 0.5) is 0 Å². The Kier molecular flexibility index (Phi) is 7.10. The van der Waals surface area contributed by atoms with Crippen molar-refractivity contribution in [2.75, 3.05) is 18.1 Å². The van der Waals surface area contributed by atoms with Crippen LogP contribution in [0.25, 0.3) is 0 Å². The summed E-state index contributed by atoms with van der Waals surface area (Å²) in [5, 5.41) is 0. The maximum absolute atomic E-state index is 12.2. The second kappa shape index (κ2) is 8.32. The molecule has 1 aromatic carbocycles. The van der Waals surface area contributed by atoms with Crippen LogP contribution in [0.5, 0.6) is 0 Å². The molecule has 0 aliphatic rings. The summed E-state index contributed by atoms with van der Waals surface area (Å²) in [4.78, 5) is 0.231. The molecule has 4 nitrogen and oxygen atoms in total. The third-order valence-corrected chi connectivity index (χ3v) is 5.14. The van der Waals surface area contributed by atoms with E-state index in [0.29, 0.717) is 5.56 Å². The second-order valence-corrected chi connectivity index (χ2v) is 7.25. The van der Waals surface area contributed by atoms with Crippen LogP contribution in [-0.4, -0.2) is 32.5 Å². The number of benzene rings is 1. The van der Waals surface area contributed by atoms with E-state index in [-0.39, 0.29) is 17.5 Å². The Labute approximate surface area is 125 Å². The molecule has 0 radical (unpaired) electrons. The van der Waals surface area contributed by atoms with E-state index in [9.17, 15) is 8.42 Å². The molecule has 0 saturated carbocycles. The molecule has 1 aromatic rings. The minimum Gasteiger partial charge on any atom is -0.320 e. The van der Waals surface area contributed by atoms with Gasteiger partial charge in [0.25, 0.3) is 0 Å². The van der Waals surface area contributed by atoms with E-state index in [4.69, 9.17) is 5.73 Å². The van der Waals surface area contributed by atoms with Crippen molar-refractivity contribution in [1.82, 2.24) is 4.72 Å². The first-order chi connectivity index (χ1) is 9.49. The summed E-state index contributed by atoms with van der Waals surface area (Å²) in [5.74, 6) is 7.27. The molecule has 1 atom stereocenters.